The predicted octanol–water partition coefficient (Wildman–Crippen LogP) is 2.25. The van der Waals surface area contributed by atoms with Gasteiger partial charge in [0.15, 0.2) is 0 Å². The van der Waals surface area contributed by atoms with E-state index in [9.17, 15) is 0 Å². The van der Waals surface area contributed by atoms with E-state index in [1.54, 1.807) is 11.3 Å². The van der Waals surface area contributed by atoms with Crippen molar-refractivity contribution in [2.45, 2.75) is 24.8 Å². The molecule has 0 amide bonds. The summed E-state index contributed by atoms with van der Waals surface area (Å²) in [4.78, 5) is 5.29. The van der Waals surface area contributed by atoms with Crippen LogP contribution in [0.25, 0.3) is 0 Å². The first-order valence-electron chi connectivity index (χ1n) is 4.58. The van der Waals surface area contributed by atoms with E-state index in [0.717, 1.165) is 19.0 Å². The van der Waals surface area contributed by atoms with Crippen LogP contribution < -0.4 is 5.32 Å². The summed E-state index contributed by atoms with van der Waals surface area (Å²) >= 11 is 7.83. The van der Waals surface area contributed by atoms with Gasteiger partial charge in [0.1, 0.15) is 0 Å². The summed E-state index contributed by atoms with van der Waals surface area (Å²) in [6.07, 6.45) is 4.53. The van der Waals surface area contributed by atoms with Crippen molar-refractivity contribution in [3.63, 3.8) is 0 Å². The van der Waals surface area contributed by atoms with Crippen LogP contribution in [0.1, 0.15) is 17.7 Å². The van der Waals surface area contributed by atoms with E-state index in [1.807, 2.05) is 11.7 Å². The average Bonchev–Trinajstić information content (AvgIpc) is 2.86. The molecule has 1 N–H and O–H groups in total. The molecular weight excluding hydrogens is 204 g/mol. The summed E-state index contributed by atoms with van der Waals surface area (Å²) < 4.78 is 0. The van der Waals surface area contributed by atoms with E-state index < -0.39 is 0 Å². The summed E-state index contributed by atoms with van der Waals surface area (Å²) in [6.45, 7) is 1.82. The highest BCUT2D eigenvalue weighted by atomic mass is 35.5. The van der Waals surface area contributed by atoms with Gasteiger partial charge < -0.3 is 5.32 Å². The molecule has 1 unspecified atom stereocenters. The zero-order valence-corrected chi connectivity index (χ0v) is 8.94. The van der Waals surface area contributed by atoms with E-state index in [2.05, 4.69) is 10.3 Å². The van der Waals surface area contributed by atoms with E-state index in [0.29, 0.717) is 5.38 Å². The second kappa shape index (κ2) is 4.40. The minimum Gasteiger partial charge on any atom is -0.310 e. The van der Waals surface area contributed by atoms with Crippen molar-refractivity contribution in [1.29, 1.82) is 0 Å². The second-order valence-electron chi connectivity index (χ2n) is 3.45. The van der Waals surface area contributed by atoms with Crippen LogP contribution >= 0.6 is 22.9 Å². The number of hydrogen-bond acceptors (Lipinski definition) is 3. The van der Waals surface area contributed by atoms with Gasteiger partial charge in [0.2, 0.25) is 0 Å². The monoisotopic (exact) mass is 216 g/mol. The average molecular weight is 217 g/mol. The van der Waals surface area contributed by atoms with Gasteiger partial charge in [-0.25, -0.2) is 0 Å². The molecule has 1 aromatic heterocycles. The van der Waals surface area contributed by atoms with Crippen LogP contribution in [-0.2, 0) is 6.54 Å². The quantitative estimate of drug-likeness (QED) is 0.764. The molecule has 1 atom stereocenters. The molecule has 4 heteroatoms. The fourth-order valence-corrected chi connectivity index (χ4v) is 2.21. The molecule has 0 spiro atoms. The minimum atomic E-state index is 0.327. The third-order valence-electron chi connectivity index (χ3n) is 2.26. The van der Waals surface area contributed by atoms with Gasteiger partial charge in [0.05, 0.1) is 5.51 Å². The van der Waals surface area contributed by atoms with Crippen LogP contribution in [0.3, 0.4) is 0 Å². The third-order valence-corrected chi connectivity index (χ3v) is 3.55. The summed E-state index contributed by atoms with van der Waals surface area (Å²) in [5, 5.41) is 3.67. The second-order valence-corrected chi connectivity index (χ2v) is 4.98. The van der Waals surface area contributed by atoms with Crippen molar-refractivity contribution in [3.8, 4) is 0 Å². The Balaban J connectivity index is 1.63. The summed E-state index contributed by atoms with van der Waals surface area (Å²) in [6, 6.07) is 0. The third kappa shape index (κ3) is 2.93. The predicted molar refractivity (Wildman–Crippen MR) is 56.2 cm³/mol. The fourth-order valence-electron chi connectivity index (χ4n) is 1.29. The van der Waals surface area contributed by atoms with Crippen molar-refractivity contribution in [1.82, 2.24) is 10.3 Å². The molecule has 1 aromatic rings. The van der Waals surface area contributed by atoms with E-state index >= 15 is 0 Å². The first-order chi connectivity index (χ1) is 6.36. The number of alkyl halides is 1. The van der Waals surface area contributed by atoms with Gasteiger partial charge in [-0.15, -0.1) is 22.9 Å². The topological polar surface area (TPSA) is 24.9 Å². The molecule has 0 radical (unpaired) electrons. The van der Waals surface area contributed by atoms with Gasteiger partial charge >= 0.3 is 0 Å². The van der Waals surface area contributed by atoms with Crippen molar-refractivity contribution in [3.05, 3.63) is 16.6 Å². The molecule has 0 aromatic carbocycles. The SMILES string of the molecule is ClC(CNCc1cncs1)C1CC1. The smallest absolute Gasteiger partial charge is 0.0794 e. The Kier molecular flexibility index (Phi) is 3.19. The lowest BCUT2D eigenvalue weighted by Crippen LogP contribution is -2.23. The van der Waals surface area contributed by atoms with Gasteiger partial charge in [0, 0.05) is 29.5 Å². The van der Waals surface area contributed by atoms with Crippen molar-refractivity contribution in [2.75, 3.05) is 6.54 Å². The molecule has 0 saturated heterocycles. The van der Waals surface area contributed by atoms with Crippen molar-refractivity contribution < 1.29 is 0 Å². The van der Waals surface area contributed by atoms with Gasteiger partial charge in [-0.05, 0) is 18.8 Å². The van der Waals surface area contributed by atoms with Crippen LogP contribution in [-0.4, -0.2) is 16.9 Å². The molecular formula is C9H13ClN2S. The lowest BCUT2D eigenvalue weighted by molar-refractivity contribution is 0.623. The lowest BCUT2D eigenvalue weighted by atomic mass is 10.3. The van der Waals surface area contributed by atoms with Gasteiger partial charge in [-0.3, -0.25) is 4.98 Å². The van der Waals surface area contributed by atoms with Gasteiger partial charge in [0.25, 0.3) is 0 Å². The Morgan fingerprint density at radius 2 is 2.54 bits per heavy atom. The normalized spacial score (nSPS) is 18.8. The molecule has 1 aliphatic carbocycles. The lowest BCUT2D eigenvalue weighted by Gasteiger charge is -2.07. The maximum Gasteiger partial charge on any atom is 0.0794 e. The van der Waals surface area contributed by atoms with Crippen LogP contribution in [0, 0.1) is 5.92 Å². The molecule has 1 aliphatic rings. The van der Waals surface area contributed by atoms with Gasteiger partial charge in [-0.1, -0.05) is 0 Å². The largest absolute Gasteiger partial charge is 0.310 e. The molecule has 1 fully saturated rings. The highest BCUT2D eigenvalue weighted by Crippen LogP contribution is 2.35. The number of halogens is 1. The number of thiazole rings is 1. The summed E-state index contributed by atoms with van der Waals surface area (Å²) in [7, 11) is 0. The van der Waals surface area contributed by atoms with Gasteiger partial charge in [-0.2, -0.15) is 0 Å². The number of nitrogens with zero attached hydrogens (tertiary/aromatic N) is 1. The minimum absolute atomic E-state index is 0.327. The van der Waals surface area contributed by atoms with Crippen LogP contribution in [0.5, 0.6) is 0 Å². The maximum absolute atomic E-state index is 6.14. The van der Waals surface area contributed by atoms with E-state index in [-0.39, 0.29) is 0 Å². The van der Waals surface area contributed by atoms with Crippen LogP contribution in [0.15, 0.2) is 11.7 Å². The molecule has 2 rings (SSSR count). The standard InChI is InChI=1S/C9H13ClN2S/c10-9(7-1-2-7)5-11-3-8-4-12-6-13-8/h4,6-7,9,11H,1-3,5H2. The Morgan fingerprint density at radius 3 is 3.15 bits per heavy atom. The Bertz CT molecular complexity index is 246. The van der Waals surface area contributed by atoms with E-state index in [4.69, 9.17) is 11.6 Å². The fraction of sp³-hybridized carbons (Fsp3) is 0.667. The van der Waals surface area contributed by atoms with Crippen LogP contribution in [0.2, 0.25) is 0 Å². The zero-order valence-electron chi connectivity index (χ0n) is 7.37. The highest BCUT2D eigenvalue weighted by molar-refractivity contribution is 7.09. The molecule has 1 saturated carbocycles. The molecule has 0 bridgehead atoms. The summed E-state index contributed by atoms with van der Waals surface area (Å²) in [5.41, 5.74) is 1.86. The maximum atomic E-state index is 6.14. The first kappa shape index (κ1) is 9.44. The van der Waals surface area contributed by atoms with Crippen LogP contribution in [0.4, 0.5) is 0 Å². The molecule has 1 heterocycles. The number of rotatable bonds is 5. The Morgan fingerprint density at radius 1 is 1.69 bits per heavy atom. The molecule has 72 valence electrons. The first-order valence-corrected chi connectivity index (χ1v) is 5.90. The number of aromatic nitrogens is 1. The highest BCUT2D eigenvalue weighted by Gasteiger charge is 2.28. The van der Waals surface area contributed by atoms with Crippen molar-refractivity contribution >= 4 is 22.9 Å². The number of nitrogens with one attached hydrogen (secondary N) is 1. The number of hydrogen-bond donors (Lipinski definition) is 1. The van der Waals surface area contributed by atoms with E-state index in [1.165, 1.54) is 17.7 Å². The zero-order chi connectivity index (χ0) is 9.10. The molecule has 13 heavy (non-hydrogen) atoms. The molecule has 0 aliphatic heterocycles. The Hall–Kier alpha value is -0.120. The van der Waals surface area contributed by atoms with Crippen molar-refractivity contribution in [2.24, 2.45) is 5.92 Å². The Labute approximate surface area is 87.3 Å². The summed E-state index contributed by atoms with van der Waals surface area (Å²) in [5.74, 6) is 0.774. The molecule has 2 nitrogen and oxygen atoms in total.